The Hall–Kier alpha value is -2.51. The van der Waals surface area contributed by atoms with E-state index in [9.17, 15) is 14.0 Å². The van der Waals surface area contributed by atoms with Crippen molar-refractivity contribution in [2.75, 3.05) is 19.4 Å². The summed E-state index contributed by atoms with van der Waals surface area (Å²) in [5.74, 6) is -1.09. The van der Waals surface area contributed by atoms with Gasteiger partial charge in [0.25, 0.3) is 5.91 Å². The molecule has 0 spiro atoms. The fraction of sp³-hybridized carbons (Fsp3) is 0.409. The predicted molar refractivity (Wildman–Crippen MR) is 115 cm³/mol. The summed E-state index contributed by atoms with van der Waals surface area (Å²) in [7, 11) is 4.13. The lowest BCUT2D eigenvalue weighted by Gasteiger charge is -2.33. The molecule has 1 aliphatic rings. The highest BCUT2D eigenvalue weighted by atomic mass is 35.5. The van der Waals surface area contributed by atoms with E-state index in [0.717, 1.165) is 25.7 Å². The van der Waals surface area contributed by atoms with Gasteiger partial charge >= 0.3 is 0 Å². The molecule has 0 radical (unpaired) electrons. The van der Waals surface area contributed by atoms with Crippen LogP contribution in [0.4, 0.5) is 10.2 Å². The summed E-state index contributed by atoms with van der Waals surface area (Å²) in [6.07, 6.45) is 4.90. The first-order valence-electron chi connectivity index (χ1n) is 9.99. The number of nitrogens with zero attached hydrogens (tertiary/aromatic N) is 2. The van der Waals surface area contributed by atoms with Crippen molar-refractivity contribution in [2.24, 2.45) is 0 Å². The number of anilines is 1. The summed E-state index contributed by atoms with van der Waals surface area (Å²) in [5, 5.41) is 6.05. The predicted octanol–water partition coefficient (Wildman–Crippen LogP) is 3.66. The van der Waals surface area contributed by atoms with Crippen molar-refractivity contribution in [3.8, 4) is 0 Å². The molecule has 0 saturated heterocycles. The van der Waals surface area contributed by atoms with E-state index in [1.807, 2.05) is 0 Å². The molecule has 0 aliphatic heterocycles. The van der Waals surface area contributed by atoms with E-state index in [-0.39, 0.29) is 29.5 Å². The second-order valence-electron chi connectivity index (χ2n) is 7.80. The number of halogens is 2. The van der Waals surface area contributed by atoms with Crippen LogP contribution >= 0.6 is 11.6 Å². The molecule has 1 aromatic carbocycles. The largest absolute Gasteiger partial charge is 0.349 e. The van der Waals surface area contributed by atoms with Crippen molar-refractivity contribution in [1.82, 2.24) is 15.2 Å². The van der Waals surface area contributed by atoms with Gasteiger partial charge in [0.05, 0.1) is 11.4 Å². The average Bonchev–Trinajstić information content (AvgIpc) is 2.71. The number of pyridine rings is 1. The van der Waals surface area contributed by atoms with Gasteiger partial charge in [0.15, 0.2) is 0 Å². The summed E-state index contributed by atoms with van der Waals surface area (Å²) in [6.45, 7) is 0. The van der Waals surface area contributed by atoms with E-state index >= 15 is 0 Å². The minimum Gasteiger partial charge on any atom is -0.349 e. The van der Waals surface area contributed by atoms with Gasteiger partial charge in [0, 0.05) is 29.4 Å². The molecular weight excluding hydrogens is 407 g/mol. The second kappa shape index (κ2) is 10.00. The summed E-state index contributed by atoms with van der Waals surface area (Å²) in [4.78, 5) is 31.4. The lowest BCUT2D eigenvalue weighted by Crippen LogP contribution is -2.42. The van der Waals surface area contributed by atoms with E-state index in [2.05, 4.69) is 34.6 Å². The first kappa shape index (κ1) is 22.2. The van der Waals surface area contributed by atoms with Crippen molar-refractivity contribution >= 4 is 29.2 Å². The average molecular weight is 433 g/mol. The molecule has 0 unspecified atom stereocenters. The maximum atomic E-state index is 14.5. The zero-order valence-corrected chi connectivity index (χ0v) is 17.9. The Balaban J connectivity index is 1.66. The number of benzene rings is 1. The van der Waals surface area contributed by atoms with Crippen LogP contribution < -0.4 is 10.6 Å². The zero-order chi connectivity index (χ0) is 21.7. The van der Waals surface area contributed by atoms with Gasteiger partial charge in [-0.3, -0.25) is 9.59 Å². The minimum absolute atomic E-state index is 0.0527. The van der Waals surface area contributed by atoms with Crippen molar-refractivity contribution < 1.29 is 14.0 Å². The van der Waals surface area contributed by atoms with E-state index in [1.165, 1.54) is 18.3 Å². The maximum absolute atomic E-state index is 14.5. The molecule has 0 atom stereocenters. The van der Waals surface area contributed by atoms with E-state index in [0.29, 0.717) is 16.9 Å². The van der Waals surface area contributed by atoms with E-state index < -0.39 is 11.7 Å². The quantitative estimate of drug-likeness (QED) is 0.730. The number of hydrogen-bond acceptors (Lipinski definition) is 4. The Kier molecular flexibility index (Phi) is 7.39. The van der Waals surface area contributed by atoms with Crippen LogP contribution in [0.2, 0.25) is 5.02 Å². The maximum Gasteiger partial charge on any atom is 0.251 e. The van der Waals surface area contributed by atoms with Gasteiger partial charge in [-0.2, -0.15) is 0 Å². The molecule has 3 rings (SSSR count). The molecule has 30 heavy (non-hydrogen) atoms. The lowest BCUT2D eigenvalue weighted by atomic mass is 9.90. The molecule has 1 saturated carbocycles. The lowest BCUT2D eigenvalue weighted by molar-refractivity contribution is -0.115. The second-order valence-corrected chi connectivity index (χ2v) is 8.23. The Labute approximate surface area is 180 Å². The molecule has 1 heterocycles. The number of carbonyl (C=O) groups excluding carboxylic acids is 2. The third-order valence-corrected chi connectivity index (χ3v) is 5.68. The molecule has 1 fully saturated rings. The number of nitrogens with one attached hydrogen (secondary N) is 2. The molecule has 160 valence electrons. The Morgan fingerprint density at radius 1 is 1.17 bits per heavy atom. The van der Waals surface area contributed by atoms with Gasteiger partial charge in [0.2, 0.25) is 5.91 Å². The molecule has 2 amide bonds. The van der Waals surface area contributed by atoms with Gasteiger partial charge in [0.1, 0.15) is 11.6 Å². The normalized spacial score (nSPS) is 18.8. The van der Waals surface area contributed by atoms with Gasteiger partial charge in [-0.1, -0.05) is 17.7 Å². The van der Waals surface area contributed by atoms with Crippen LogP contribution in [0, 0.1) is 5.82 Å². The third-order valence-electron chi connectivity index (χ3n) is 5.46. The molecule has 6 nitrogen and oxygen atoms in total. The molecular formula is C22H26ClFN4O2. The minimum atomic E-state index is -0.585. The number of aromatic nitrogens is 1. The van der Waals surface area contributed by atoms with Crippen LogP contribution in [0.1, 0.15) is 41.6 Å². The standard InChI is InChI=1S/C22H26ClFN4O2/c1-28(2)16-9-7-15(8-10-16)26-22(30)17-4-3-5-19(24)18(17)12-21(29)27-20-11-6-14(23)13-25-20/h3-6,11,13,15-16H,7-10,12H2,1-2H3,(H,26,30)(H,25,27,29). The van der Waals surface area contributed by atoms with Crippen LogP contribution in [-0.2, 0) is 11.2 Å². The van der Waals surface area contributed by atoms with E-state index in [4.69, 9.17) is 11.6 Å². The van der Waals surface area contributed by atoms with Gasteiger partial charge in [-0.05, 0) is 64.0 Å². The molecule has 1 aliphatic carbocycles. The number of carbonyl (C=O) groups is 2. The SMILES string of the molecule is CN(C)C1CCC(NC(=O)c2cccc(F)c2CC(=O)Nc2ccc(Cl)cn2)CC1. The molecule has 0 bridgehead atoms. The number of hydrogen-bond donors (Lipinski definition) is 2. The molecule has 1 aromatic heterocycles. The van der Waals surface area contributed by atoms with Crippen molar-refractivity contribution in [3.63, 3.8) is 0 Å². The molecule has 2 aromatic rings. The highest BCUT2D eigenvalue weighted by Crippen LogP contribution is 2.23. The number of amides is 2. The first-order chi connectivity index (χ1) is 14.3. The first-order valence-corrected chi connectivity index (χ1v) is 10.4. The summed E-state index contributed by atoms with van der Waals surface area (Å²) >= 11 is 5.79. The third kappa shape index (κ3) is 5.77. The van der Waals surface area contributed by atoms with Crippen LogP contribution in [0.25, 0.3) is 0 Å². The fourth-order valence-electron chi connectivity index (χ4n) is 3.75. The van der Waals surface area contributed by atoms with Crippen molar-refractivity contribution in [3.05, 3.63) is 58.5 Å². The highest BCUT2D eigenvalue weighted by molar-refractivity contribution is 6.30. The smallest absolute Gasteiger partial charge is 0.251 e. The van der Waals surface area contributed by atoms with Crippen LogP contribution in [0.15, 0.2) is 36.5 Å². The molecule has 8 heteroatoms. The van der Waals surface area contributed by atoms with Crippen LogP contribution in [0.3, 0.4) is 0 Å². The molecule has 2 N–H and O–H groups in total. The topological polar surface area (TPSA) is 74.3 Å². The fourth-order valence-corrected chi connectivity index (χ4v) is 3.86. The van der Waals surface area contributed by atoms with Gasteiger partial charge < -0.3 is 15.5 Å². The number of rotatable bonds is 6. The van der Waals surface area contributed by atoms with Gasteiger partial charge in [-0.15, -0.1) is 0 Å². The Morgan fingerprint density at radius 3 is 2.53 bits per heavy atom. The van der Waals surface area contributed by atoms with Crippen LogP contribution in [-0.4, -0.2) is 47.9 Å². The van der Waals surface area contributed by atoms with Crippen molar-refractivity contribution in [2.45, 2.75) is 44.2 Å². The van der Waals surface area contributed by atoms with Crippen molar-refractivity contribution in [1.29, 1.82) is 0 Å². The summed E-state index contributed by atoms with van der Waals surface area (Å²) in [6, 6.07) is 8.01. The Morgan fingerprint density at radius 2 is 1.90 bits per heavy atom. The highest BCUT2D eigenvalue weighted by Gasteiger charge is 2.25. The zero-order valence-electron chi connectivity index (χ0n) is 17.1. The summed E-state index contributed by atoms with van der Waals surface area (Å²) in [5.41, 5.74) is 0.257. The monoisotopic (exact) mass is 432 g/mol. The van der Waals surface area contributed by atoms with Gasteiger partial charge in [-0.25, -0.2) is 9.37 Å². The Bertz CT molecular complexity index is 897. The van der Waals surface area contributed by atoms with Crippen LogP contribution in [0.5, 0.6) is 0 Å². The van der Waals surface area contributed by atoms with E-state index in [1.54, 1.807) is 18.2 Å². The summed E-state index contributed by atoms with van der Waals surface area (Å²) < 4.78 is 14.5.